The van der Waals surface area contributed by atoms with Gasteiger partial charge in [0.05, 0.1) is 6.61 Å². The monoisotopic (exact) mass is 266 g/mol. The lowest BCUT2D eigenvalue weighted by Crippen LogP contribution is -2.25. The molecule has 0 unspecified atom stereocenters. The van der Waals surface area contributed by atoms with E-state index in [4.69, 9.17) is 4.74 Å². The predicted molar refractivity (Wildman–Crippen MR) is 76.5 cm³/mol. The number of aromatic nitrogens is 1. The second-order valence-corrected chi connectivity index (χ2v) is 4.51. The molecule has 4 heteroatoms. The summed E-state index contributed by atoms with van der Waals surface area (Å²) in [6, 6.07) is 8.68. The van der Waals surface area contributed by atoms with Gasteiger partial charge in [-0.1, -0.05) is 18.2 Å². The van der Waals surface area contributed by atoms with Crippen LogP contribution in [0.4, 0.5) is 0 Å². The Hall–Kier alpha value is -1.03. The lowest BCUT2D eigenvalue weighted by atomic mass is 10.1. The highest BCUT2D eigenvalue weighted by molar-refractivity contribution is 5.86. The number of para-hydroxylation sites is 1. The van der Waals surface area contributed by atoms with Gasteiger partial charge in [0.15, 0.2) is 0 Å². The normalized spacial score (nSPS) is 14.3. The third-order valence-corrected chi connectivity index (χ3v) is 3.55. The van der Waals surface area contributed by atoms with Crippen molar-refractivity contribution in [2.45, 2.75) is 19.5 Å². The highest BCUT2D eigenvalue weighted by Gasteiger charge is 2.18. The highest BCUT2D eigenvalue weighted by atomic mass is 35.5. The van der Waals surface area contributed by atoms with Crippen molar-refractivity contribution in [3.05, 3.63) is 35.5 Å². The summed E-state index contributed by atoms with van der Waals surface area (Å²) in [5, 5.41) is 4.85. The molecule has 0 radical (unpaired) electrons. The molecule has 0 aliphatic carbocycles. The molecule has 1 N–H and O–H groups in total. The molecule has 0 spiro atoms. The van der Waals surface area contributed by atoms with E-state index in [9.17, 15) is 0 Å². The fraction of sp³-hybridized carbons (Fsp3) is 0.429. The molecule has 1 aliphatic rings. The van der Waals surface area contributed by atoms with Crippen molar-refractivity contribution in [2.75, 3.05) is 20.3 Å². The van der Waals surface area contributed by atoms with Crippen LogP contribution in [0.3, 0.4) is 0 Å². The molecule has 2 aromatic rings. The van der Waals surface area contributed by atoms with Gasteiger partial charge in [0.2, 0.25) is 0 Å². The molecule has 3 nitrogen and oxygen atoms in total. The quantitative estimate of drug-likeness (QED) is 0.923. The zero-order valence-corrected chi connectivity index (χ0v) is 11.4. The fourth-order valence-corrected chi connectivity index (χ4v) is 2.77. The summed E-state index contributed by atoms with van der Waals surface area (Å²) in [4.78, 5) is 0. The minimum atomic E-state index is 0. The summed E-state index contributed by atoms with van der Waals surface area (Å²) in [5.74, 6) is 0. The molecule has 18 heavy (non-hydrogen) atoms. The smallest absolute Gasteiger partial charge is 0.0642 e. The zero-order chi connectivity index (χ0) is 11.7. The maximum atomic E-state index is 5.22. The average Bonchev–Trinajstić information content (AvgIpc) is 2.71. The number of hydrogen-bond acceptors (Lipinski definition) is 2. The summed E-state index contributed by atoms with van der Waals surface area (Å²) in [6.45, 7) is 3.80. The number of ether oxygens (including phenoxy) is 1. The second-order valence-electron chi connectivity index (χ2n) is 4.51. The van der Waals surface area contributed by atoms with Gasteiger partial charge < -0.3 is 14.6 Å². The molecule has 2 heterocycles. The van der Waals surface area contributed by atoms with Gasteiger partial charge in [-0.05, 0) is 11.6 Å². The Morgan fingerprint density at radius 1 is 1.33 bits per heavy atom. The van der Waals surface area contributed by atoms with Crippen LogP contribution in [0, 0.1) is 0 Å². The number of methoxy groups -OCH3 is 1. The third kappa shape index (κ3) is 2.14. The van der Waals surface area contributed by atoms with Crippen molar-refractivity contribution in [2.24, 2.45) is 0 Å². The van der Waals surface area contributed by atoms with Crippen LogP contribution in [0.5, 0.6) is 0 Å². The van der Waals surface area contributed by atoms with Gasteiger partial charge in [0, 0.05) is 49.8 Å². The lowest BCUT2D eigenvalue weighted by molar-refractivity contribution is 0.187. The van der Waals surface area contributed by atoms with Crippen molar-refractivity contribution in [3.63, 3.8) is 0 Å². The topological polar surface area (TPSA) is 26.2 Å². The molecule has 1 aromatic heterocycles. The zero-order valence-electron chi connectivity index (χ0n) is 10.6. The Balaban J connectivity index is 0.00000120. The van der Waals surface area contributed by atoms with Crippen molar-refractivity contribution >= 4 is 23.3 Å². The first-order chi connectivity index (χ1) is 8.42. The Morgan fingerprint density at radius 2 is 2.17 bits per heavy atom. The minimum Gasteiger partial charge on any atom is -0.383 e. The van der Waals surface area contributed by atoms with Crippen LogP contribution in [0.1, 0.15) is 11.3 Å². The van der Waals surface area contributed by atoms with Gasteiger partial charge in [0.1, 0.15) is 0 Å². The van der Waals surface area contributed by atoms with E-state index in [2.05, 4.69) is 34.1 Å². The first kappa shape index (κ1) is 13.4. The van der Waals surface area contributed by atoms with E-state index in [0.29, 0.717) is 0 Å². The number of fused-ring (bicyclic) bond motifs is 3. The summed E-state index contributed by atoms with van der Waals surface area (Å²) in [6.07, 6.45) is 1.12. The average molecular weight is 267 g/mol. The van der Waals surface area contributed by atoms with Gasteiger partial charge in [-0.3, -0.25) is 0 Å². The fourth-order valence-electron chi connectivity index (χ4n) is 2.77. The van der Waals surface area contributed by atoms with Crippen LogP contribution < -0.4 is 5.32 Å². The number of nitrogens with zero attached hydrogens (tertiary/aromatic N) is 1. The maximum absolute atomic E-state index is 5.22. The Kier molecular flexibility index (Phi) is 4.27. The molecule has 0 atom stereocenters. The molecule has 1 aliphatic heterocycles. The summed E-state index contributed by atoms with van der Waals surface area (Å²) >= 11 is 0. The third-order valence-electron chi connectivity index (χ3n) is 3.55. The molecule has 0 bridgehead atoms. The number of nitrogens with one attached hydrogen (secondary N) is 1. The van der Waals surface area contributed by atoms with Gasteiger partial charge >= 0.3 is 0 Å². The Labute approximate surface area is 114 Å². The van der Waals surface area contributed by atoms with Crippen LogP contribution in [0.15, 0.2) is 24.3 Å². The largest absolute Gasteiger partial charge is 0.383 e. The van der Waals surface area contributed by atoms with E-state index in [0.717, 1.165) is 32.7 Å². The van der Waals surface area contributed by atoms with E-state index in [1.165, 1.54) is 22.2 Å². The Bertz CT molecular complexity index is 536. The van der Waals surface area contributed by atoms with Gasteiger partial charge in [-0.2, -0.15) is 0 Å². The first-order valence-corrected chi connectivity index (χ1v) is 6.20. The van der Waals surface area contributed by atoms with Gasteiger partial charge in [0.25, 0.3) is 0 Å². The van der Waals surface area contributed by atoms with Crippen LogP contribution in [0.2, 0.25) is 0 Å². The standard InChI is InChI=1S/C14H18N2O.ClH/c1-17-9-8-16-13-5-3-2-4-11(13)12-10-15-7-6-14(12)16;/h2-5,15H,6-10H2,1H3;1H. The molecule has 0 amide bonds. The maximum Gasteiger partial charge on any atom is 0.0642 e. The van der Waals surface area contributed by atoms with Crippen LogP contribution >= 0.6 is 12.4 Å². The lowest BCUT2D eigenvalue weighted by Gasteiger charge is -2.16. The van der Waals surface area contributed by atoms with Crippen LogP contribution in [-0.2, 0) is 24.2 Å². The predicted octanol–water partition coefficient (Wildman–Crippen LogP) is 2.36. The summed E-state index contributed by atoms with van der Waals surface area (Å²) in [5.41, 5.74) is 4.31. The molecule has 0 fully saturated rings. The van der Waals surface area contributed by atoms with E-state index in [1.54, 1.807) is 7.11 Å². The second kappa shape index (κ2) is 5.74. The molecular formula is C14H19ClN2O. The SMILES string of the molecule is COCCn1c2c(c3ccccc31)CNCC2.Cl. The number of halogens is 1. The van der Waals surface area contributed by atoms with E-state index < -0.39 is 0 Å². The first-order valence-electron chi connectivity index (χ1n) is 6.20. The molecule has 3 rings (SSSR count). The molecule has 0 saturated heterocycles. The minimum absolute atomic E-state index is 0. The molecule has 98 valence electrons. The molecule has 0 saturated carbocycles. The van der Waals surface area contributed by atoms with Crippen molar-refractivity contribution in [1.29, 1.82) is 0 Å². The molecular weight excluding hydrogens is 248 g/mol. The highest BCUT2D eigenvalue weighted by Crippen LogP contribution is 2.28. The van der Waals surface area contributed by atoms with Crippen LogP contribution in [0.25, 0.3) is 10.9 Å². The van der Waals surface area contributed by atoms with E-state index in [-0.39, 0.29) is 12.4 Å². The molecule has 1 aromatic carbocycles. The summed E-state index contributed by atoms with van der Waals surface area (Å²) < 4.78 is 7.64. The van der Waals surface area contributed by atoms with Gasteiger partial charge in [-0.25, -0.2) is 0 Å². The van der Waals surface area contributed by atoms with E-state index in [1.807, 2.05) is 0 Å². The van der Waals surface area contributed by atoms with Gasteiger partial charge in [-0.15, -0.1) is 12.4 Å². The van der Waals surface area contributed by atoms with Crippen molar-refractivity contribution < 1.29 is 4.74 Å². The van der Waals surface area contributed by atoms with Crippen molar-refractivity contribution in [3.8, 4) is 0 Å². The Morgan fingerprint density at radius 3 is 3.00 bits per heavy atom. The van der Waals surface area contributed by atoms with Crippen molar-refractivity contribution in [1.82, 2.24) is 9.88 Å². The number of benzene rings is 1. The van der Waals surface area contributed by atoms with Crippen LogP contribution in [-0.4, -0.2) is 24.8 Å². The van der Waals surface area contributed by atoms with E-state index >= 15 is 0 Å². The summed E-state index contributed by atoms with van der Waals surface area (Å²) in [7, 11) is 1.76. The number of rotatable bonds is 3. The number of hydrogen-bond donors (Lipinski definition) is 1.